The topological polar surface area (TPSA) is 76.7 Å². The second-order valence-electron chi connectivity index (χ2n) is 7.80. The van der Waals surface area contributed by atoms with Crippen LogP contribution in [-0.2, 0) is 9.59 Å². The van der Waals surface area contributed by atoms with Gasteiger partial charge in [0.1, 0.15) is 23.1 Å². The Balaban J connectivity index is 1.17. The summed E-state index contributed by atoms with van der Waals surface area (Å²) in [5.74, 6) is -1.17. The normalized spacial score (nSPS) is 23.6. The smallest absolute Gasteiger partial charge is 0.258 e. The SMILES string of the molecule is O=C(COc1cccc(F)c1)NC12CC(NC(=O)COc3ccc(Cl)c(F)c3)(C1)C2. The molecular formula is C21H19ClF2N2O4. The van der Waals surface area contributed by atoms with E-state index in [1.54, 1.807) is 6.07 Å². The maximum absolute atomic E-state index is 13.4. The van der Waals surface area contributed by atoms with E-state index in [9.17, 15) is 18.4 Å². The highest BCUT2D eigenvalue weighted by atomic mass is 35.5. The second kappa shape index (κ2) is 7.75. The molecule has 0 heterocycles. The molecule has 0 unspecified atom stereocenters. The molecule has 2 amide bonds. The number of nitrogens with one attached hydrogen (secondary N) is 2. The fraction of sp³-hybridized carbons (Fsp3) is 0.333. The summed E-state index contributed by atoms with van der Waals surface area (Å²) in [6, 6.07) is 9.53. The average molecular weight is 437 g/mol. The Morgan fingerprint density at radius 3 is 2.00 bits per heavy atom. The number of benzene rings is 2. The molecule has 0 radical (unpaired) electrons. The van der Waals surface area contributed by atoms with Crippen LogP contribution < -0.4 is 20.1 Å². The zero-order valence-electron chi connectivity index (χ0n) is 15.8. The maximum Gasteiger partial charge on any atom is 0.258 e. The molecule has 6 nitrogen and oxygen atoms in total. The Labute approximate surface area is 176 Å². The third kappa shape index (κ3) is 4.33. The third-order valence-electron chi connectivity index (χ3n) is 5.27. The first kappa shape index (κ1) is 20.4. The van der Waals surface area contributed by atoms with E-state index in [1.807, 2.05) is 0 Å². The molecule has 2 aromatic carbocycles. The lowest BCUT2D eigenvalue weighted by atomic mass is 9.44. The minimum Gasteiger partial charge on any atom is -0.484 e. The molecule has 0 atom stereocenters. The molecule has 3 aliphatic rings. The van der Waals surface area contributed by atoms with Crippen molar-refractivity contribution in [1.82, 2.24) is 10.6 Å². The summed E-state index contributed by atoms with van der Waals surface area (Å²) in [4.78, 5) is 24.2. The van der Waals surface area contributed by atoms with Gasteiger partial charge in [0.25, 0.3) is 11.8 Å². The number of hydrogen-bond acceptors (Lipinski definition) is 4. The van der Waals surface area contributed by atoms with E-state index in [2.05, 4.69) is 10.6 Å². The predicted molar refractivity (Wildman–Crippen MR) is 104 cm³/mol. The Kier molecular flexibility index (Phi) is 5.27. The van der Waals surface area contributed by atoms with E-state index in [1.165, 1.54) is 30.3 Å². The average Bonchev–Trinajstić information content (AvgIpc) is 2.65. The third-order valence-corrected chi connectivity index (χ3v) is 5.57. The predicted octanol–water partition coefficient (Wildman–Crippen LogP) is 2.98. The zero-order valence-corrected chi connectivity index (χ0v) is 16.6. The molecule has 0 aliphatic heterocycles. The van der Waals surface area contributed by atoms with Crippen molar-refractivity contribution in [3.05, 3.63) is 59.1 Å². The first-order valence-electron chi connectivity index (χ1n) is 9.35. The lowest BCUT2D eigenvalue weighted by molar-refractivity contribution is -0.151. The van der Waals surface area contributed by atoms with Gasteiger partial charge < -0.3 is 20.1 Å². The Morgan fingerprint density at radius 2 is 1.47 bits per heavy atom. The molecule has 5 rings (SSSR count). The molecular weight excluding hydrogens is 418 g/mol. The van der Waals surface area contributed by atoms with E-state index < -0.39 is 11.6 Å². The van der Waals surface area contributed by atoms with Crippen molar-refractivity contribution in [2.24, 2.45) is 0 Å². The Morgan fingerprint density at radius 1 is 0.900 bits per heavy atom. The van der Waals surface area contributed by atoms with Crippen LogP contribution in [0.2, 0.25) is 5.02 Å². The summed E-state index contributed by atoms with van der Waals surface area (Å²) in [5.41, 5.74) is -0.682. The Bertz CT molecular complexity index is 981. The van der Waals surface area contributed by atoms with Crippen LogP contribution in [0.5, 0.6) is 11.5 Å². The maximum atomic E-state index is 13.4. The highest BCUT2D eigenvalue weighted by Gasteiger charge is 2.69. The highest BCUT2D eigenvalue weighted by molar-refractivity contribution is 6.30. The molecule has 0 spiro atoms. The van der Waals surface area contributed by atoms with E-state index >= 15 is 0 Å². The number of carbonyl (C=O) groups excluding carboxylic acids is 2. The van der Waals surface area contributed by atoms with E-state index in [0.717, 1.165) is 6.07 Å². The van der Waals surface area contributed by atoms with Gasteiger partial charge >= 0.3 is 0 Å². The summed E-state index contributed by atoms with van der Waals surface area (Å²) in [6.07, 6.45) is 1.85. The van der Waals surface area contributed by atoms with Crippen molar-refractivity contribution in [2.75, 3.05) is 13.2 Å². The minimum atomic E-state index is -0.618. The second-order valence-corrected chi connectivity index (χ2v) is 8.21. The van der Waals surface area contributed by atoms with Crippen molar-refractivity contribution in [3.63, 3.8) is 0 Å². The van der Waals surface area contributed by atoms with Gasteiger partial charge in [-0.25, -0.2) is 8.78 Å². The molecule has 2 bridgehead atoms. The standard InChI is InChI=1S/C21H19ClF2N2O4/c22-16-5-4-15(7-17(16)24)30-9-19(28)26-21-10-20(11-21,12-21)25-18(27)8-29-14-3-1-2-13(23)6-14/h1-7H,8-12H2,(H,25,27)(H,26,28). The lowest BCUT2D eigenvalue weighted by Crippen LogP contribution is -2.84. The van der Waals surface area contributed by atoms with Crippen molar-refractivity contribution < 1.29 is 27.8 Å². The summed E-state index contributed by atoms with van der Waals surface area (Å²) in [5, 5.41) is 5.81. The molecule has 2 aromatic rings. The zero-order chi connectivity index (χ0) is 21.4. The number of rotatable bonds is 8. The van der Waals surface area contributed by atoms with Crippen LogP contribution in [0.4, 0.5) is 8.78 Å². The van der Waals surface area contributed by atoms with Gasteiger partial charge in [0.2, 0.25) is 0 Å². The summed E-state index contributed by atoms with van der Waals surface area (Å²) in [6.45, 7) is -0.459. The van der Waals surface area contributed by atoms with Crippen molar-refractivity contribution in [2.45, 2.75) is 30.3 Å². The van der Waals surface area contributed by atoms with Crippen molar-refractivity contribution >= 4 is 23.4 Å². The van der Waals surface area contributed by atoms with Crippen LogP contribution in [0.3, 0.4) is 0 Å². The van der Waals surface area contributed by atoms with Gasteiger partial charge in [0.15, 0.2) is 13.2 Å². The lowest BCUT2D eigenvalue weighted by Gasteiger charge is -2.70. The van der Waals surface area contributed by atoms with Crippen LogP contribution >= 0.6 is 11.6 Å². The van der Waals surface area contributed by atoms with Crippen molar-refractivity contribution in [1.29, 1.82) is 0 Å². The number of hydrogen-bond donors (Lipinski definition) is 2. The molecule has 3 fully saturated rings. The number of halogens is 3. The molecule has 0 saturated heterocycles. The van der Waals surface area contributed by atoms with Crippen LogP contribution in [-0.4, -0.2) is 36.1 Å². The van der Waals surface area contributed by atoms with Gasteiger partial charge in [-0.05, 0) is 43.5 Å². The number of carbonyl (C=O) groups is 2. The Hall–Kier alpha value is -2.87. The molecule has 3 saturated carbocycles. The highest BCUT2D eigenvalue weighted by Crippen LogP contribution is 2.60. The van der Waals surface area contributed by atoms with Gasteiger partial charge in [0.05, 0.1) is 5.02 Å². The van der Waals surface area contributed by atoms with Crippen LogP contribution in [0.1, 0.15) is 19.3 Å². The summed E-state index contributed by atoms with van der Waals surface area (Å²) >= 11 is 5.61. The molecule has 9 heteroatoms. The first-order chi connectivity index (χ1) is 14.3. The first-order valence-corrected chi connectivity index (χ1v) is 9.73. The minimum absolute atomic E-state index is 0.0191. The summed E-state index contributed by atoms with van der Waals surface area (Å²) < 4.78 is 37.1. The fourth-order valence-electron chi connectivity index (χ4n) is 4.14. The van der Waals surface area contributed by atoms with Crippen molar-refractivity contribution in [3.8, 4) is 11.5 Å². The number of ether oxygens (including phenoxy) is 2. The van der Waals surface area contributed by atoms with Gasteiger partial charge in [-0.15, -0.1) is 0 Å². The molecule has 0 aromatic heterocycles. The molecule has 30 heavy (non-hydrogen) atoms. The number of amides is 2. The van der Waals surface area contributed by atoms with E-state index in [0.29, 0.717) is 19.3 Å². The van der Waals surface area contributed by atoms with E-state index in [4.69, 9.17) is 21.1 Å². The molecule has 3 aliphatic carbocycles. The molecule has 158 valence electrons. The van der Waals surface area contributed by atoms with Gasteiger partial charge in [-0.1, -0.05) is 17.7 Å². The summed E-state index contributed by atoms with van der Waals surface area (Å²) in [7, 11) is 0. The fourth-order valence-corrected chi connectivity index (χ4v) is 4.26. The van der Waals surface area contributed by atoms with Gasteiger partial charge in [-0.2, -0.15) is 0 Å². The quantitative estimate of drug-likeness (QED) is 0.667. The van der Waals surface area contributed by atoms with Gasteiger partial charge in [0, 0.05) is 23.2 Å². The van der Waals surface area contributed by atoms with Crippen LogP contribution in [0.15, 0.2) is 42.5 Å². The largest absolute Gasteiger partial charge is 0.484 e. The van der Waals surface area contributed by atoms with Crippen LogP contribution in [0, 0.1) is 11.6 Å². The van der Waals surface area contributed by atoms with E-state index in [-0.39, 0.29) is 52.6 Å². The monoisotopic (exact) mass is 436 g/mol. The van der Waals surface area contributed by atoms with Crippen LogP contribution in [0.25, 0.3) is 0 Å². The molecule has 2 N–H and O–H groups in total. The van der Waals surface area contributed by atoms with Gasteiger partial charge in [-0.3, -0.25) is 9.59 Å².